The summed E-state index contributed by atoms with van der Waals surface area (Å²) in [6.45, 7) is 4.23. The average Bonchev–Trinajstić information content (AvgIpc) is 2.99. The first-order valence-electron chi connectivity index (χ1n) is 8.65. The van der Waals surface area contributed by atoms with Crippen molar-refractivity contribution in [2.75, 3.05) is 36.5 Å². The molecule has 0 saturated carbocycles. The van der Waals surface area contributed by atoms with Crippen molar-refractivity contribution in [3.05, 3.63) is 58.6 Å². The van der Waals surface area contributed by atoms with Crippen molar-refractivity contribution in [1.29, 1.82) is 0 Å². The Kier molecular flexibility index (Phi) is 4.76. The molecule has 1 amide bonds. The van der Waals surface area contributed by atoms with Gasteiger partial charge in [0.1, 0.15) is 11.4 Å². The normalized spacial score (nSPS) is 14.6. The minimum absolute atomic E-state index is 0.185. The first kappa shape index (κ1) is 17.8. The Labute approximate surface area is 160 Å². The molecule has 27 heavy (non-hydrogen) atoms. The first-order valence-corrected chi connectivity index (χ1v) is 9.03. The summed E-state index contributed by atoms with van der Waals surface area (Å²) in [5.41, 5.74) is 2.14. The van der Waals surface area contributed by atoms with E-state index in [0.717, 1.165) is 5.39 Å². The summed E-state index contributed by atoms with van der Waals surface area (Å²) >= 11 is 6.01. The van der Waals surface area contributed by atoms with E-state index >= 15 is 0 Å². The highest BCUT2D eigenvalue weighted by molar-refractivity contribution is 6.31. The molecule has 0 bridgehead atoms. The monoisotopic (exact) mass is 388 g/mol. The van der Waals surface area contributed by atoms with Crippen LogP contribution in [0.2, 0.25) is 5.02 Å². The molecular formula is C20H18ClFN2O3. The molecule has 0 unspecified atom stereocenters. The Balaban J connectivity index is 1.56. The van der Waals surface area contributed by atoms with Gasteiger partial charge in [-0.15, -0.1) is 0 Å². The van der Waals surface area contributed by atoms with Crippen LogP contribution in [-0.4, -0.2) is 32.2 Å². The highest BCUT2D eigenvalue weighted by Gasteiger charge is 2.20. The zero-order valence-electron chi connectivity index (χ0n) is 14.7. The fourth-order valence-electron chi connectivity index (χ4n) is 3.24. The fraction of sp³-hybridized carbons (Fsp3) is 0.250. The molecule has 0 atom stereocenters. The van der Waals surface area contributed by atoms with Crippen LogP contribution in [0.25, 0.3) is 11.0 Å². The van der Waals surface area contributed by atoms with E-state index in [4.69, 9.17) is 20.8 Å². The van der Waals surface area contributed by atoms with Gasteiger partial charge in [-0.1, -0.05) is 11.6 Å². The Morgan fingerprint density at radius 2 is 1.96 bits per heavy atom. The number of benzene rings is 2. The van der Waals surface area contributed by atoms with Crippen LogP contribution in [0, 0.1) is 12.7 Å². The number of fused-ring (bicyclic) bond motifs is 1. The van der Waals surface area contributed by atoms with Crippen LogP contribution < -0.4 is 10.2 Å². The van der Waals surface area contributed by atoms with E-state index in [-0.39, 0.29) is 11.6 Å². The third kappa shape index (κ3) is 3.50. The number of hydrogen-bond acceptors (Lipinski definition) is 4. The predicted octanol–water partition coefficient (Wildman–Crippen LogP) is 4.62. The van der Waals surface area contributed by atoms with E-state index in [1.807, 2.05) is 4.90 Å². The van der Waals surface area contributed by atoms with E-state index in [2.05, 4.69) is 5.32 Å². The Bertz CT molecular complexity index is 1010. The van der Waals surface area contributed by atoms with Crippen LogP contribution in [0.3, 0.4) is 0 Å². The number of carbonyl (C=O) groups is 1. The van der Waals surface area contributed by atoms with Crippen molar-refractivity contribution in [2.24, 2.45) is 0 Å². The Hall–Kier alpha value is -2.57. The molecule has 1 N–H and O–H groups in total. The van der Waals surface area contributed by atoms with Gasteiger partial charge in [0.05, 0.1) is 18.9 Å². The molecule has 0 spiro atoms. The van der Waals surface area contributed by atoms with E-state index < -0.39 is 5.91 Å². The maximum absolute atomic E-state index is 14.5. The minimum Gasteiger partial charge on any atom is -0.451 e. The number of anilines is 2. The molecule has 1 aliphatic rings. The maximum atomic E-state index is 14.5. The summed E-state index contributed by atoms with van der Waals surface area (Å²) in [7, 11) is 0. The molecule has 2 aromatic carbocycles. The lowest BCUT2D eigenvalue weighted by Crippen LogP contribution is -2.36. The number of nitrogens with zero attached hydrogens (tertiary/aromatic N) is 1. The summed E-state index contributed by atoms with van der Waals surface area (Å²) < 4.78 is 25.4. The number of carbonyl (C=O) groups excluding carboxylic acids is 1. The van der Waals surface area contributed by atoms with Crippen molar-refractivity contribution in [3.63, 3.8) is 0 Å². The number of furan rings is 1. The molecule has 1 saturated heterocycles. The van der Waals surface area contributed by atoms with E-state index in [1.165, 1.54) is 6.07 Å². The van der Waals surface area contributed by atoms with Gasteiger partial charge in [-0.2, -0.15) is 0 Å². The van der Waals surface area contributed by atoms with E-state index in [9.17, 15) is 9.18 Å². The average molecular weight is 389 g/mol. The smallest absolute Gasteiger partial charge is 0.291 e. The number of halogens is 2. The van der Waals surface area contributed by atoms with Gasteiger partial charge < -0.3 is 19.4 Å². The SMILES string of the molecule is Cc1c(C(=O)Nc2ccc(N3CCOCC3)c(F)c2)oc2ccc(Cl)cc12. The number of aryl methyl sites for hydroxylation is 1. The summed E-state index contributed by atoms with van der Waals surface area (Å²) in [4.78, 5) is 14.5. The van der Waals surface area contributed by atoms with E-state index in [0.29, 0.717) is 53.8 Å². The first-order chi connectivity index (χ1) is 13.0. The lowest BCUT2D eigenvalue weighted by atomic mass is 10.1. The van der Waals surface area contributed by atoms with Crippen LogP contribution >= 0.6 is 11.6 Å². The van der Waals surface area contributed by atoms with Crippen molar-refractivity contribution in [1.82, 2.24) is 0 Å². The van der Waals surface area contributed by atoms with Crippen molar-refractivity contribution >= 4 is 39.9 Å². The van der Waals surface area contributed by atoms with Gasteiger partial charge in [0.25, 0.3) is 5.91 Å². The summed E-state index contributed by atoms with van der Waals surface area (Å²) in [5, 5.41) is 4.04. The van der Waals surface area contributed by atoms with Crippen LogP contribution in [0.15, 0.2) is 40.8 Å². The summed E-state index contributed by atoms with van der Waals surface area (Å²) in [6.07, 6.45) is 0. The molecule has 7 heteroatoms. The minimum atomic E-state index is -0.432. The molecule has 1 fully saturated rings. The zero-order valence-corrected chi connectivity index (χ0v) is 15.5. The number of ether oxygens (including phenoxy) is 1. The standard InChI is InChI=1S/C20H18ClFN2O3/c1-12-15-10-13(21)2-5-18(15)27-19(12)20(25)23-14-3-4-17(16(22)11-14)24-6-8-26-9-7-24/h2-5,10-11H,6-9H2,1H3,(H,23,25). The number of amides is 1. The molecule has 0 radical (unpaired) electrons. The quantitative estimate of drug-likeness (QED) is 0.711. The van der Waals surface area contributed by atoms with Crippen LogP contribution in [-0.2, 0) is 4.74 Å². The number of rotatable bonds is 3. The lowest BCUT2D eigenvalue weighted by molar-refractivity contribution is 0.0998. The van der Waals surface area contributed by atoms with Crippen LogP contribution in [0.1, 0.15) is 16.1 Å². The Morgan fingerprint density at radius 1 is 1.19 bits per heavy atom. The van der Waals surface area contributed by atoms with Crippen LogP contribution in [0.5, 0.6) is 0 Å². The molecule has 3 aromatic rings. The van der Waals surface area contributed by atoms with Gasteiger partial charge in [-0.25, -0.2) is 4.39 Å². The predicted molar refractivity (Wildman–Crippen MR) is 103 cm³/mol. The third-order valence-electron chi connectivity index (χ3n) is 4.66. The molecule has 5 nitrogen and oxygen atoms in total. The molecular weight excluding hydrogens is 371 g/mol. The van der Waals surface area contributed by atoms with Crippen molar-refractivity contribution in [2.45, 2.75) is 6.92 Å². The Morgan fingerprint density at radius 3 is 2.70 bits per heavy atom. The van der Waals surface area contributed by atoms with Gasteiger partial charge in [-0.3, -0.25) is 4.79 Å². The second-order valence-electron chi connectivity index (χ2n) is 6.42. The summed E-state index contributed by atoms with van der Waals surface area (Å²) in [6, 6.07) is 9.84. The van der Waals surface area contributed by atoms with Gasteiger partial charge >= 0.3 is 0 Å². The maximum Gasteiger partial charge on any atom is 0.291 e. The van der Waals surface area contributed by atoms with Crippen molar-refractivity contribution in [3.8, 4) is 0 Å². The van der Waals surface area contributed by atoms with Gasteiger partial charge in [0, 0.05) is 34.7 Å². The fourth-order valence-corrected chi connectivity index (χ4v) is 3.42. The molecule has 2 heterocycles. The van der Waals surface area contributed by atoms with Gasteiger partial charge in [0.2, 0.25) is 0 Å². The van der Waals surface area contributed by atoms with Crippen molar-refractivity contribution < 1.29 is 18.3 Å². The number of nitrogens with one attached hydrogen (secondary N) is 1. The van der Waals surface area contributed by atoms with Crippen LogP contribution in [0.4, 0.5) is 15.8 Å². The summed E-state index contributed by atoms with van der Waals surface area (Å²) in [5.74, 6) is -0.633. The van der Waals surface area contributed by atoms with Gasteiger partial charge in [-0.05, 0) is 43.3 Å². The number of morpholine rings is 1. The molecule has 1 aromatic heterocycles. The zero-order chi connectivity index (χ0) is 19.0. The second-order valence-corrected chi connectivity index (χ2v) is 6.85. The molecule has 140 valence electrons. The highest BCUT2D eigenvalue weighted by Crippen LogP contribution is 2.29. The molecule has 0 aliphatic carbocycles. The van der Waals surface area contributed by atoms with Gasteiger partial charge in [0.15, 0.2) is 5.76 Å². The second kappa shape index (κ2) is 7.21. The lowest BCUT2D eigenvalue weighted by Gasteiger charge is -2.29. The topological polar surface area (TPSA) is 54.7 Å². The number of hydrogen-bond donors (Lipinski definition) is 1. The third-order valence-corrected chi connectivity index (χ3v) is 4.90. The molecule has 4 rings (SSSR count). The van der Waals surface area contributed by atoms with E-state index in [1.54, 1.807) is 37.3 Å². The molecule has 1 aliphatic heterocycles. The largest absolute Gasteiger partial charge is 0.451 e. The highest BCUT2D eigenvalue weighted by atomic mass is 35.5.